The van der Waals surface area contributed by atoms with Gasteiger partial charge < -0.3 is 0 Å². The summed E-state index contributed by atoms with van der Waals surface area (Å²) in [7, 11) is -21.3. The number of halogens is 12. The fourth-order valence-corrected chi connectivity index (χ4v) is 4.89. The Hall–Kier alpha value is -3.38. The molecular formula is C30H36F12N4P2. The normalized spacial score (nSPS) is 15.0. The molecular weight excluding hydrogens is 706 g/mol. The predicted octanol–water partition coefficient (Wildman–Crippen LogP) is 12.6. The van der Waals surface area contributed by atoms with Crippen LogP contribution in [-0.4, -0.2) is 9.13 Å². The standard InChI is InChI=1S/C30H36N4.2F6P/c1-3-5-19-31-23-33(29-13-9-7-11-27(29)31)21-25-15-17-26(18-16-25)22-34-24-32(20-6-4-2)28-12-8-10-14-30(28)34;2*1-7(2,3,4,5)6/h7-18,23-24H,3-6,19-22H2,1-2H3;;/q+2;2*-1. The summed E-state index contributed by atoms with van der Waals surface area (Å²) in [6.07, 6.45) is 9.41. The Bertz CT molecular complexity index is 1670. The molecule has 4 nitrogen and oxygen atoms in total. The quantitative estimate of drug-likeness (QED) is 0.0770. The van der Waals surface area contributed by atoms with Gasteiger partial charge in [0.1, 0.15) is 13.1 Å². The van der Waals surface area contributed by atoms with Crippen molar-refractivity contribution in [2.45, 2.75) is 65.7 Å². The fourth-order valence-electron chi connectivity index (χ4n) is 4.89. The molecule has 0 saturated carbocycles. The summed E-state index contributed by atoms with van der Waals surface area (Å²) >= 11 is 0. The second-order valence-electron chi connectivity index (χ2n) is 11.3. The van der Waals surface area contributed by atoms with Crippen molar-refractivity contribution in [3.8, 4) is 0 Å². The molecule has 0 bridgehead atoms. The second-order valence-corrected chi connectivity index (χ2v) is 15.1. The Balaban J connectivity index is 0.000000376. The molecule has 0 N–H and O–H groups in total. The molecule has 5 rings (SSSR count). The van der Waals surface area contributed by atoms with E-state index in [-0.39, 0.29) is 0 Å². The predicted molar refractivity (Wildman–Crippen MR) is 166 cm³/mol. The zero-order valence-corrected chi connectivity index (χ0v) is 27.7. The number of rotatable bonds is 10. The van der Waals surface area contributed by atoms with Gasteiger partial charge in [0.15, 0.2) is 22.1 Å². The van der Waals surface area contributed by atoms with E-state index < -0.39 is 15.6 Å². The molecule has 0 radical (unpaired) electrons. The molecule has 270 valence electrons. The van der Waals surface area contributed by atoms with Gasteiger partial charge in [-0.3, -0.25) is 0 Å². The molecule has 5 aromatic rings. The Morgan fingerprint density at radius 1 is 0.479 bits per heavy atom. The third kappa shape index (κ3) is 15.7. The van der Waals surface area contributed by atoms with E-state index in [2.05, 4.69) is 118 Å². The average Bonchev–Trinajstić information content (AvgIpc) is 3.46. The third-order valence-corrected chi connectivity index (χ3v) is 6.79. The van der Waals surface area contributed by atoms with Gasteiger partial charge in [-0.1, -0.05) is 75.2 Å². The van der Waals surface area contributed by atoms with E-state index in [0.717, 1.165) is 26.2 Å². The molecule has 3 aromatic carbocycles. The molecule has 2 heterocycles. The van der Waals surface area contributed by atoms with Gasteiger partial charge in [0.2, 0.25) is 12.7 Å². The Labute approximate surface area is 268 Å². The van der Waals surface area contributed by atoms with E-state index in [9.17, 15) is 50.4 Å². The van der Waals surface area contributed by atoms with Gasteiger partial charge in [-0.05, 0) is 48.2 Å². The molecule has 2 aromatic heterocycles. The van der Waals surface area contributed by atoms with Crippen molar-refractivity contribution in [2.75, 3.05) is 0 Å². The molecule has 48 heavy (non-hydrogen) atoms. The average molecular weight is 743 g/mol. The van der Waals surface area contributed by atoms with Crippen molar-refractivity contribution in [1.82, 2.24) is 9.13 Å². The van der Waals surface area contributed by atoms with Crippen molar-refractivity contribution in [3.63, 3.8) is 0 Å². The summed E-state index contributed by atoms with van der Waals surface area (Å²) < 4.78 is 128. The number of aromatic nitrogens is 4. The number of nitrogens with zero attached hydrogens (tertiary/aromatic N) is 4. The summed E-state index contributed by atoms with van der Waals surface area (Å²) in [5.41, 5.74) is 7.92. The molecule has 0 aliphatic rings. The Kier molecular flexibility index (Phi) is 10.4. The van der Waals surface area contributed by atoms with Crippen molar-refractivity contribution >= 4 is 37.7 Å². The van der Waals surface area contributed by atoms with Crippen LogP contribution >= 0.6 is 15.6 Å². The van der Waals surface area contributed by atoms with E-state index in [1.165, 1.54) is 58.9 Å². The molecule has 0 aliphatic carbocycles. The van der Waals surface area contributed by atoms with Crippen LogP contribution in [0.1, 0.15) is 50.7 Å². The summed E-state index contributed by atoms with van der Waals surface area (Å²) in [6, 6.07) is 26.7. The number of imidazole rings is 2. The van der Waals surface area contributed by atoms with Crippen molar-refractivity contribution in [3.05, 3.63) is 96.6 Å². The zero-order valence-electron chi connectivity index (χ0n) is 26.0. The minimum atomic E-state index is -10.7. The molecule has 0 spiro atoms. The van der Waals surface area contributed by atoms with E-state index >= 15 is 0 Å². The molecule has 18 heteroatoms. The van der Waals surface area contributed by atoms with E-state index in [4.69, 9.17) is 0 Å². The molecule has 0 fully saturated rings. The van der Waals surface area contributed by atoms with Gasteiger partial charge in [-0.2, -0.15) is 0 Å². The summed E-state index contributed by atoms with van der Waals surface area (Å²) in [6.45, 7) is 8.44. The Morgan fingerprint density at radius 2 is 0.771 bits per heavy atom. The molecule has 0 saturated heterocycles. The Morgan fingerprint density at radius 3 is 1.06 bits per heavy atom. The van der Waals surface area contributed by atoms with Crippen LogP contribution in [0.2, 0.25) is 0 Å². The summed E-state index contributed by atoms with van der Waals surface area (Å²) in [5.74, 6) is 0. The maximum absolute atomic E-state index is 10.7. The van der Waals surface area contributed by atoms with Gasteiger partial charge in [0, 0.05) is 0 Å². The van der Waals surface area contributed by atoms with Gasteiger partial charge >= 0.3 is 66.0 Å². The summed E-state index contributed by atoms with van der Waals surface area (Å²) in [4.78, 5) is 0. The SMILES string of the molecule is CCCCn1c[n+](Cc2ccc(C[n+]3cn(CCCC)c4ccccc43)cc2)c2ccccc21.F[P-](F)(F)(F)(F)F.F[P-](F)(F)(F)(F)F. The van der Waals surface area contributed by atoms with Crippen LogP contribution in [0.5, 0.6) is 0 Å². The molecule has 0 aliphatic heterocycles. The van der Waals surface area contributed by atoms with Crippen LogP contribution in [-0.2, 0) is 26.2 Å². The minimum absolute atomic E-state index is 0.892. The second kappa shape index (κ2) is 12.8. The van der Waals surface area contributed by atoms with E-state index in [1.807, 2.05) is 0 Å². The molecule has 0 unspecified atom stereocenters. The number of hydrogen-bond acceptors (Lipinski definition) is 0. The molecule has 0 atom stereocenters. The topological polar surface area (TPSA) is 17.6 Å². The van der Waals surface area contributed by atoms with E-state index in [0.29, 0.717) is 0 Å². The number of fused-ring (bicyclic) bond motifs is 2. The van der Waals surface area contributed by atoms with Gasteiger partial charge in [-0.25, -0.2) is 18.3 Å². The van der Waals surface area contributed by atoms with E-state index in [1.54, 1.807) is 0 Å². The van der Waals surface area contributed by atoms with Crippen LogP contribution in [0.3, 0.4) is 0 Å². The first kappa shape index (κ1) is 39.1. The molecule has 0 amide bonds. The number of hydrogen-bond donors (Lipinski definition) is 0. The maximum atomic E-state index is 9.87. The number of aryl methyl sites for hydroxylation is 2. The first-order valence-corrected chi connectivity index (χ1v) is 18.9. The van der Waals surface area contributed by atoms with Crippen LogP contribution in [0.4, 0.5) is 50.4 Å². The monoisotopic (exact) mass is 742 g/mol. The van der Waals surface area contributed by atoms with Gasteiger partial charge in [0.05, 0.1) is 13.1 Å². The van der Waals surface area contributed by atoms with Crippen LogP contribution in [0, 0.1) is 0 Å². The van der Waals surface area contributed by atoms with Crippen molar-refractivity contribution in [2.24, 2.45) is 0 Å². The van der Waals surface area contributed by atoms with Gasteiger partial charge in [-0.15, -0.1) is 0 Å². The first-order chi connectivity index (χ1) is 21.7. The van der Waals surface area contributed by atoms with Crippen molar-refractivity contribution in [1.29, 1.82) is 0 Å². The summed E-state index contributed by atoms with van der Waals surface area (Å²) in [5, 5.41) is 0. The number of benzene rings is 3. The van der Waals surface area contributed by atoms with Crippen molar-refractivity contribution < 1.29 is 59.5 Å². The van der Waals surface area contributed by atoms with Crippen LogP contribution in [0.25, 0.3) is 22.1 Å². The first-order valence-electron chi connectivity index (χ1n) is 14.8. The third-order valence-electron chi connectivity index (χ3n) is 6.79. The number of para-hydroxylation sites is 4. The van der Waals surface area contributed by atoms with Crippen LogP contribution in [0.15, 0.2) is 85.5 Å². The number of unbranched alkanes of at least 4 members (excludes halogenated alkanes) is 2. The zero-order chi connectivity index (χ0) is 36.1. The fraction of sp³-hybridized carbons (Fsp3) is 0.333. The van der Waals surface area contributed by atoms with Crippen LogP contribution < -0.4 is 9.13 Å². The van der Waals surface area contributed by atoms with Gasteiger partial charge in [0.25, 0.3) is 0 Å².